The van der Waals surface area contributed by atoms with Crippen LogP contribution in [-0.4, -0.2) is 83.7 Å². The highest BCUT2D eigenvalue weighted by molar-refractivity contribution is 5.80. The number of hydrogen-bond acceptors (Lipinski definition) is 11. The molecule has 7 aromatic rings. The van der Waals surface area contributed by atoms with Crippen LogP contribution in [-0.2, 0) is 19.1 Å². The van der Waals surface area contributed by atoms with Crippen molar-refractivity contribution in [2.24, 2.45) is 0 Å². The van der Waals surface area contributed by atoms with E-state index in [-0.39, 0.29) is 26.4 Å². The summed E-state index contributed by atoms with van der Waals surface area (Å²) in [4.78, 5) is 33.4. The predicted octanol–water partition coefficient (Wildman–Crippen LogP) is 10.7. The number of hydrogen-bond donors (Lipinski definition) is 0. The van der Waals surface area contributed by atoms with E-state index in [2.05, 4.69) is 52.3 Å². The Morgan fingerprint density at radius 3 is 1.58 bits per heavy atom. The Kier molecular flexibility index (Phi) is 16.3. The van der Waals surface area contributed by atoms with Crippen LogP contribution in [0.15, 0.2) is 164 Å². The fraction of sp³-hybridized carbons (Fsp3) is 0.218. The fourth-order valence-electron chi connectivity index (χ4n) is 7.26. The number of likely N-dealkylation sites (N-methyl/N-ethyl adjacent to an activating group) is 2. The van der Waals surface area contributed by atoms with Gasteiger partial charge in [0, 0.05) is 25.2 Å². The number of pyridine rings is 1. The summed E-state index contributed by atoms with van der Waals surface area (Å²) in [5, 5.41) is 0. The highest BCUT2D eigenvalue weighted by Gasteiger charge is 2.16. The molecule has 1 aromatic heterocycles. The van der Waals surface area contributed by atoms with E-state index in [0.29, 0.717) is 49.3 Å². The summed E-state index contributed by atoms with van der Waals surface area (Å²) in [5.41, 5.74) is 7.66. The number of nitrogens with zero attached hydrogens (tertiary/aromatic N) is 3. The molecule has 0 aliphatic carbocycles. The largest absolute Gasteiger partial charge is 0.492 e. The van der Waals surface area contributed by atoms with Crippen molar-refractivity contribution in [2.45, 2.75) is 13.8 Å². The molecule has 6 aromatic carbocycles. The summed E-state index contributed by atoms with van der Waals surface area (Å²) < 4.78 is 34.8. The first kappa shape index (κ1) is 46.2. The van der Waals surface area contributed by atoms with Crippen molar-refractivity contribution in [2.75, 3.05) is 76.6 Å². The van der Waals surface area contributed by atoms with Crippen LogP contribution < -0.4 is 28.7 Å². The molecular weight excluding hydrogens is 831 g/mol. The molecule has 0 saturated heterocycles. The van der Waals surface area contributed by atoms with Crippen LogP contribution in [0, 0.1) is 0 Å². The average Bonchev–Trinajstić information content (AvgIpc) is 3.36. The number of ether oxygens (including phenoxy) is 6. The normalized spacial score (nSPS) is 10.7. The first-order valence-corrected chi connectivity index (χ1v) is 22.1. The first-order valence-electron chi connectivity index (χ1n) is 22.1. The molecule has 0 N–H and O–H groups in total. The second-order valence-corrected chi connectivity index (χ2v) is 15.3. The van der Waals surface area contributed by atoms with Gasteiger partial charge in [-0.1, -0.05) is 103 Å². The fourth-order valence-corrected chi connectivity index (χ4v) is 7.26. The quantitative estimate of drug-likeness (QED) is 0.0607. The third-order valence-corrected chi connectivity index (χ3v) is 10.6. The Hall–Kier alpha value is -7.79. The number of esters is 2. The maximum atomic E-state index is 12.2. The number of para-hydroxylation sites is 1. The van der Waals surface area contributed by atoms with Crippen molar-refractivity contribution < 1.29 is 38.0 Å². The van der Waals surface area contributed by atoms with E-state index >= 15 is 0 Å². The summed E-state index contributed by atoms with van der Waals surface area (Å²) in [7, 11) is 3.98. The lowest BCUT2D eigenvalue weighted by atomic mass is 9.98. The molecule has 0 aliphatic heterocycles. The van der Waals surface area contributed by atoms with E-state index in [0.717, 1.165) is 56.1 Å². The minimum absolute atomic E-state index is 0.184. The minimum Gasteiger partial charge on any atom is -0.492 e. The van der Waals surface area contributed by atoms with Crippen LogP contribution in [0.5, 0.6) is 23.0 Å². The topological polar surface area (TPSA) is 109 Å². The summed E-state index contributed by atoms with van der Waals surface area (Å²) in [5.74, 6) is 3.25. The Labute approximate surface area is 387 Å². The first-order chi connectivity index (χ1) is 32.3. The number of anilines is 2. The number of rotatable bonds is 22. The molecule has 0 bridgehead atoms. The maximum absolute atomic E-state index is 12.2. The maximum Gasteiger partial charge on any atom is 0.344 e. The lowest BCUT2D eigenvalue weighted by Gasteiger charge is -2.23. The van der Waals surface area contributed by atoms with Crippen molar-refractivity contribution >= 4 is 23.6 Å². The van der Waals surface area contributed by atoms with Crippen molar-refractivity contribution in [3.8, 4) is 67.5 Å². The lowest BCUT2D eigenvalue weighted by molar-refractivity contribution is -0.146. The standard InChI is InChI=1S/C55H55N3O8/c1-5-61-54(59)38-65-50-24-14-13-23-48(50)45-34-44(41-19-11-8-12-20-41)35-47(36-45)64-32-30-58(4)53-26-16-25-52(56-53)57(3)29-31-63-46-27-28-51(66-39-55(60)62-6-2)49(37-46)43-22-15-21-42(33-43)40-17-9-7-10-18-40/h7-28,33-37H,5-6,29-32,38-39H2,1-4H3. The SMILES string of the molecule is CCOC(=O)COc1ccccc1-c1cc(OCCN(C)c2cccc(N(C)CCOc3ccc(OCC(=O)OCC)c(-c4cccc(-c5ccccc5)c4)c3)n2)cc(-c2ccccc2)c1. The van der Waals surface area contributed by atoms with E-state index in [1.165, 1.54) is 0 Å². The van der Waals surface area contributed by atoms with E-state index < -0.39 is 11.9 Å². The molecule has 7 rings (SSSR count). The molecule has 0 unspecified atom stereocenters. The van der Waals surface area contributed by atoms with Crippen molar-refractivity contribution in [1.82, 2.24) is 4.98 Å². The van der Waals surface area contributed by atoms with Crippen molar-refractivity contribution in [3.63, 3.8) is 0 Å². The van der Waals surface area contributed by atoms with Gasteiger partial charge in [0.2, 0.25) is 0 Å². The molecular formula is C55H55N3O8. The molecule has 0 fully saturated rings. The van der Waals surface area contributed by atoms with Gasteiger partial charge in [-0.05, 0) is 108 Å². The monoisotopic (exact) mass is 885 g/mol. The van der Waals surface area contributed by atoms with Gasteiger partial charge in [-0.25, -0.2) is 14.6 Å². The smallest absolute Gasteiger partial charge is 0.344 e. The average molecular weight is 886 g/mol. The van der Waals surface area contributed by atoms with E-state index in [4.69, 9.17) is 33.4 Å². The van der Waals surface area contributed by atoms with Crippen LogP contribution in [0.4, 0.5) is 11.6 Å². The predicted molar refractivity (Wildman–Crippen MR) is 261 cm³/mol. The summed E-state index contributed by atoms with van der Waals surface area (Å²) in [6, 6.07) is 53.9. The van der Waals surface area contributed by atoms with Crippen LogP contribution in [0.25, 0.3) is 44.5 Å². The van der Waals surface area contributed by atoms with E-state index in [1.807, 2.05) is 135 Å². The van der Waals surface area contributed by atoms with Gasteiger partial charge in [0.1, 0.15) is 47.8 Å². The molecule has 0 radical (unpaired) electrons. The van der Waals surface area contributed by atoms with Gasteiger partial charge in [-0.3, -0.25) is 0 Å². The summed E-state index contributed by atoms with van der Waals surface area (Å²) in [6.07, 6.45) is 0. The van der Waals surface area contributed by atoms with E-state index in [9.17, 15) is 9.59 Å². The van der Waals surface area contributed by atoms with Gasteiger partial charge < -0.3 is 38.2 Å². The van der Waals surface area contributed by atoms with E-state index in [1.54, 1.807) is 13.8 Å². The molecule has 66 heavy (non-hydrogen) atoms. The highest BCUT2D eigenvalue weighted by atomic mass is 16.6. The number of carbonyl (C=O) groups is 2. The van der Waals surface area contributed by atoms with Gasteiger partial charge in [-0.2, -0.15) is 0 Å². The third kappa shape index (κ3) is 12.7. The Balaban J connectivity index is 0.991. The second kappa shape index (κ2) is 23.2. The molecule has 0 amide bonds. The lowest BCUT2D eigenvalue weighted by Crippen LogP contribution is -2.27. The van der Waals surface area contributed by atoms with Gasteiger partial charge in [0.25, 0.3) is 0 Å². The number of benzene rings is 6. The summed E-state index contributed by atoms with van der Waals surface area (Å²) >= 11 is 0. The Morgan fingerprint density at radius 2 is 0.939 bits per heavy atom. The zero-order valence-electron chi connectivity index (χ0n) is 37.9. The third-order valence-electron chi connectivity index (χ3n) is 10.6. The van der Waals surface area contributed by atoms with Gasteiger partial charge in [-0.15, -0.1) is 0 Å². The molecule has 0 saturated carbocycles. The molecule has 1 heterocycles. The number of aromatic nitrogens is 1. The summed E-state index contributed by atoms with van der Waals surface area (Å²) in [6.45, 7) is 5.66. The zero-order valence-corrected chi connectivity index (χ0v) is 37.9. The Bertz CT molecular complexity index is 2680. The Morgan fingerprint density at radius 1 is 0.439 bits per heavy atom. The molecule has 0 spiro atoms. The number of carbonyl (C=O) groups excluding carboxylic acids is 2. The minimum atomic E-state index is -0.429. The molecule has 338 valence electrons. The van der Waals surface area contributed by atoms with Gasteiger partial charge >= 0.3 is 11.9 Å². The second-order valence-electron chi connectivity index (χ2n) is 15.3. The molecule has 11 heteroatoms. The van der Waals surface area contributed by atoms with Crippen molar-refractivity contribution in [1.29, 1.82) is 0 Å². The van der Waals surface area contributed by atoms with Crippen molar-refractivity contribution in [3.05, 3.63) is 164 Å². The van der Waals surface area contributed by atoms with Crippen LogP contribution in [0.1, 0.15) is 13.8 Å². The van der Waals surface area contributed by atoms with Gasteiger partial charge in [0.15, 0.2) is 13.2 Å². The van der Waals surface area contributed by atoms with Gasteiger partial charge in [0.05, 0.1) is 26.3 Å². The van der Waals surface area contributed by atoms with Crippen LogP contribution in [0.2, 0.25) is 0 Å². The zero-order chi connectivity index (χ0) is 46.1. The molecule has 11 nitrogen and oxygen atoms in total. The highest BCUT2D eigenvalue weighted by Crippen LogP contribution is 2.38. The molecule has 0 aliphatic rings. The molecule has 0 atom stereocenters. The van der Waals surface area contributed by atoms with Crippen LogP contribution in [0.3, 0.4) is 0 Å². The van der Waals surface area contributed by atoms with Crippen LogP contribution >= 0.6 is 0 Å².